The number of thiophene rings is 1. The third-order valence-corrected chi connectivity index (χ3v) is 5.27. The largest absolute Gasteiger partial charge is 0.484 e. The highest BCUT2D eigenvalue weighted by molar-refractivity contribution is 7.09. The monoisotopic (exact) mass is 414 g/mol. The first-order valence-electron chi connectivity index (χ1n) is 9.20. The van der Waals surface area contributed by atoms with Gasteiger partial charge in [0.05, 0.1) is 13.1 Å². The lowest BCUT2D eigenvalue weighted by Crippen LogP contribution is -2.42. The van der Waals surface area contributed by atoms with Crippen molar-refractivity contribution in [2.75, 3.05) is 19.7 Å². The summed E-state index contributed by atoms with van der Waals surface area (Å²) in [4.78, 5) is 38.6. The second kappa shape index (κ2) is 9.38. The molecule has 0 fully saturated rings. The number of nitrogens with zero attached hydrogens (tertiary/aromatic N) is 1. The van der Waals surface area contributed by atoms with E-state index in [4.69, 9.17) is 9.15 Å². The Kier molecular flexibility index (Phi) is 6.66. The van der Waals surface area contributed by atoms with Crippen molar-refractivity contribution in [3.05, 3.63) is 62.6 Å². The van der Waals surface area contributed by atoms with Crippen molar-refractivity contribution in [3.8, 4) is 5.75 Å². The molecule has 0 aliphatic rings. The molecule has 3 rings (SSSR count). The number of likely N-dealkylation sites (N-methyl/N-ethyl adjacent to an activating group) is 1. The molecule has 2 amide bonds. The molecule has 0 bridgehead atoms. The fourth-order valence-corrected chi connectivity index (χ4v) is 3.48. The van der Waals surface area contributed by atoms with Crippen molar-refractivity contribution in [2.45, 2.75) is 20.4 Å². The van der Waals surface area contributed by atoms with E-state index in [1.807, 2.05) is 24.4 Å². The van der Waals surface area contributed by atoms with Gasteiger partial charge in [-0.1, -0.05) is 6.07 Å². The highest BCUT2D eigenvalue weighted by atomic mass is 32.1. The van der Waals surface area contributed by atoms with Gasteiger partial charge in [0.1, 0.15) is 11.3 Å². The van der Waals surface area contributed by atoms with Crippen LogP contribution in [0.15, 0.2) is 51.0 Å². The van der Waals surface area contributed by atoms with E-state index in [9.17, 15) is 14.4 Å². The molecule has 0 saturated carbocycles. The average Bonchev–Trinajstić information content (AvgIpc) is 3.22. The van der Waals surface area contributed by atoms with E-state index in [2.05, 4.69) is 5.32 Å². The van der Waals surface area contributed by atoms with Gasteiger partial charge in [-0.2, -0.15) is 0 Å². The number of hydrogen-bond acceptors (Lipinski definition) is 6. The Bertz CT molecular complexity index is 1060. The number of hydrogen-bond donors (Lipinski definition) is 1. The van der Waals surface area contributed by atoms with Gasteiger partial charge in [0.2, 0.25) is 5.91 Å². The van der Waals surface area contributed by atoms with Gasteiger partial charge in [-0.05, 0) is 43.0 Å². The first-order chi connectivity index (χ1) is 14.0. The van der Waals surface area contributed by atoms with E-state index >= 15 is 0 Å². The van der Waals surface area contributed by atoms with Gasteiger partial charge in [-0.3, -0.25) is 9.59 Å². The number of carbonyl (C=O) groups is 2. The van der Waals surface area contributed by atoms with Crippen LogP contribution in [0.4, 0.5) is 0 Å². The van der Waals surface area contributed by atoms with Crippen LogP contribution in [0.2, 0.25) is 0 Å². The summed E-state index contributed by atoms with van der Waals surface area (Å²) in [6.45, 7) is 4.22. The molecule has 7 nitrogen and oxygen atoms in total. The minimum Gasteiger partial charge on any atom is -0.484 e. The summed E-state index contributed by atoms with van der Waals surface area (Å²) in [7, 11) is 0. The number of fused-ring (bicyclic) bond motifs is 1. The summed E-state index contributed by atoms with van der Waals surface area (Å²) in [5.41, 5.74) is 0.777. The molecule has 3 aromatic rings. The Hall–Kier alpha value is -3.13. The van der Waals surface area contributed by atoms with Crippen molar-refractivity contribution >= 4 is 34.1 Å². The van der Waals surface area contributed by atoms with E-state index in [-0.39, 0.29) is 25.0 Å². The third-order valence-electron chi connectivity index (χ3n) is 4.39. The SMILES string of the molecule is CCN(CC(=O)NCc1cccs1)C(=O)COc1ccc2c(C)cc(=O)oc2c1. The second-order valence-corrected chi connectivity index (χ2v) is 7.49. The average molecular weight is 414 g/mol. The number of ether oxygens (including phenoxy) is 1. The van der Waals surface area contributed by atoms with E-state index in [1.165, 1.54) is 11.0 Å². The Balaban J connectivity index is 1.56. The number of amides is 2. The van der Waals surface area contributed by atoms with Gasteiger partial charge in [0.15, 0.2) is 6.61 Å². The molecule has 0 radical (unpaired) electrons. The highest BCUT2D eigenvalue weighted by Gasteiger charge is 2.16. The quantitative estimate of drug-likeness (QED) is 0.573. The molecule has 8 heteroatoms. The van der Waals surface area contributed by atoms with Crippen molar-refractivity contribution in [2.24, 2.45) is 0 Å². The van der Waals surface area contributed by atoms with Gasteiger partial charge >= 0.3 is 5.63 Å². The molecule has 2 heterocycles. The van der Waals surface area contributed by atoms with Gasteiger partial charge in [-0.15, -0.1) is 11.3 Å². The van der Waals surface area contributed by atoms with Crippen LogP contribution in [-0.4, -0.2) is 36.4 Å². The first kappa shape index (κ1) is 20.6. The molecular formula is C21H22N2O5S. The highest BCUT2D eigenvalue weighted by Crippen LogP contribution is 2.22. The zero-order chi connectivity index (χ0) is 20.8. The Morgan fingerprint density at radius 3 is 2.79 bits per heavy atom. The van der Waals surface area contributed by atoms with Crippen LogP contribution in [0.1, 0.15) is 17.4 Å². The van der Waals surface area contributed by atoms with Crippen molar-refractivity contribution in [1.82, 2.24) is 10.2 Å². The molecule has 0 unspecified atom stereocenters. The van der Waals surface area contributed by atoms with Crippen molar-refractivity contribution in [3.63, 3.8) is 0 Å². The summed E-state index contributed by atoms with van der Waals surface area (Å²) in [5, 5.41) is 5.55. The van der Waals surface area contributed by atoms with Crippen LogP contribution in [0.3, 0.4) is 0 Å². The maximum absolute atomic E-state index is 12.4. The minimum atomic E-state index is -0.436. The number of nitrogens with one attached hydrogen (secondary N) is 1. The van der Waals surface area contributed by atoms with Crippen LogP contribution in [-0.2, 0) is 16.1 Å². The van der Waals surface area contributed by atoms with Gasteiger partial charge < -0.3 is 19.4 Å². The summed E-state index contributed by atoms with van der Waals surface area (Å²) in [6.07, 6.45) is 0. The Morgan fingerprint density at radius 2 is 2.07 bits per heavy atom. The predicted octanol–water partition coefficient (Wildman–Crippen LogP) is 2.71. The minimum absolute atomic E-state index is 0.0319. The second-order valence-electron chi connectivity index (χ2n) is 6.46. The third kappa shape index (κ3) is 5.45. The Morgan fingerprint density at radius 1 is 1.24 bits per heavy atom. The summed E-state index contributed by atoms with van der Waals surface area (Å²) >= 11 is 1.56. The number of carbonyl (C=O) groups excluding carboxylic acids is 2. The van der Waals surface area contributed by atoms with E-state index in [0.29, 0.717) is 24.4 Å². The molecule has 2 aromatic heterocycles. The zero-order valence-corrected chi connectivity index (χ0v) is 17.1. The number of benzene rings is 1. The van der Waals surface area contributed by atoms with Gasteiger partial charge in [0, 0.05) is 28.9 Å². The van der Waals surface area contributed by atoms with Gasteiger partial charge in [-0.25, -0.2) is 4.79 Å². The van der Waals surface area contributed by atoms with Gasteiger partial charge in [0.25, 0.3) is 5.91 Å². The number of rotatable bonds is 8. The molecule has 0 spiro atoms. The molecule has 1 aromatic carbocycles. The van der Waals surface area contributed by atoms with Crippen LogP contribution in [0.5, 0.6) is 5.75 Å². The molecule has 0 saturated heterocycles. The summed E-state index contributed by atoms with van der Waals surface area (Å²) < 4.78 is 10.7. The molecule has 0 aliphatic heterocycles. The fraction of sp³-hybridized carbons (Fsp3) is 0.286. The van der Waals surface area contributed by atoms with E-state index < -0.39 is 5.63 Å². The Labute approximate surface area is 171 Å². The lowest BCUT2D eigenvalue weighted by molar-refractivity contribution is -0.137. The van der Waals surface area contributed by atoms with Crippen LogP contribution in [0, 0.1) is 6.92 Å². The molecule has 0 atom stereocenters. The lowest BCUT2D eigenvalue weighted by atomic mass is 10.1. The predicted molar refractivity (Wildman–Crippen MR) is 111 cm³/mol. The maximum Gasteiger partial charge on any atom is 0.336 e. The van der Waals surface area contributed by atoms with E-state index in [1.54, 1.807) is 36.5 Å². The standard InChI is InChI=1S/C21H22N2O5S/c1-3-23(12-19(24)22-11-16-5-4-8-29-16)20(25)13-27-15-6-7-17-14(2)9-21(26)28-18(17)10-15/h4-10H,3,11-13H2,1-2H3,(H,22,24). The van der Waals surface area contributed by atoms with Crippen molar-refractivity contribution < 1.29 is 18.7 Å². The zero-order valence-electron chi connectivity index (χ0n) is 16.3. The first-order valence-corrected chi connectivity index (χ1v) is 10.1. The topological polar surface area (TPSA) is 88.9 Å². The van der Waals surface area contributed by atoms with Crippen molar-refractivity contribution in [1.29, 1.82) is 0 Å². The molecule has 29 heavy (non-hydrogen) atoms. The molecule has 152 valence electrons. The van der Waals surface area contributed by atoms with E-state index in [0.717, 1.165) is 15.8 Å². The lowest BCUT2D eigenvalue weighted by Gasteiger charge is -2.20. The maximum atomic E-state index is 12.4. The smallest absolute Gasteiger partial charge is 0.336 e. The fourth-order valence-electron chi connectivity index (χ4n) is 2.84. The van der Waals surface area contributed by atoms with Crippen LogP contribution < -0.4 is 15.7 Å². The molecule has 1 N–H and O–H groups in total. The van der Waals surface area contributed by atoms with Crippen LogP contribution >= 0.6 is 11.3 Å². The normalized spacial score (nSPS) is 10.7. The summed E-state index contributed by atoms with van der Waals surface area (Å²) in [6, 6.07) is 10.4. The summed E-state index contributed by atoms with van der Waals surface area (Å²) in [5.74, 6) is -0.112. The number of aryl methyl sites for hydroxylation is 1. The molecule has 0 aliphatic carbocycles. The van der Waals surface area contributed by atoms with Crippen LogP contribution in [0.25, 0.3) is 11.0 Å². The molecular weight excluding hydrogens is 392 g/mol.